The number of hydrogen-bond acceptors (Lipinski definition) is 4. The van der Waals surface area contributed by atoms with Gasteiger partial charge < -0.3 is 9.47 Å². The highest BCUT2D eigenvalue weighted by Crippen LogP contribution is 2.37. The Bertz CT molecular complexity index is 909. The van der Waals surface area contributed by atoms with Crippen LogP contribution < -0.4 is 9.47 Å². The number of aromatic nitrogens is 2. The zero-order chi connectivity index (χ0) is 18.7. The lowest BCUT2D eigenvalue weighted by molar-refractivity contribution is -0.141. The van der Waals surface area contributed by atoms with E-state index in [1.807, 2.05) is 30.3 Å². The minimum Gasteiger partial charge on any atom is -0.496 e. The van der Waals surface area contributed by atoms with Crippen LogP contribution >= 0.6 is 0 Å². The van der Waals surface area contributed by atoms with Crippen molar-refractivity contribution in [3.63, 3.8) is 0 Å². The van der Waals surface area contributed by atoms with Crippen molar-refractivity contribution < 1.29 is 22.6 Å². The molecule has 1 aromatic carbocycles. The summed E-state index contributed by atoms with van der Waals surface area (Å²) in [6.45, 7) is 1.80. The molecule has 0 N–H and O–H groups in total. The van der Waals surface area contributed by atoms with Crippen molar-refractivity contribution in [1.29, 1.82) is 0 Å². The van der Waals surface area contributed by atoms with Gasteiger partial charge >= 0.3 is 6.18 Å². The Morgan fingerprint density at radius 1 is 0.923 bits per heavy atom. The van der Waals surface area contributed by atoms with Crippen molar-refractivity contribution in [2.24, 2.45) is 0 Å². The summed E-state index contributed by atoms with van der Waals surface area (Å²) >= 11 is 0. The average molecular weight is 360 g/mol. The monoisotopic (exact) mass is 360 g/mol. The van der Waals surface area contributed by atoms with Gasteiger partial charge in [-0.25, -0.2) is 9.97 Å². The number of pyridine rings is 2. The van der Waals surface area contributed by atoms with Gasteiger partial charge in [0.25, 0.3) is 0 Å². The summed E-state index contributed by atoms with van der Waals surface area (Å²) in [5.41, 5.74) is 1.15. The molecule has 0 radical (unpaired) electrons. The van der Waals surface area contributed by atoms with Crippen LogP contribution in [0.25, 0.3) is 11.1 Å². The van der Waals surface area contributed by atoms with Gasteiger partial charge in [0.2, 0.25) is 5.88 Å². The molecule has 7 heteroatoms. The van der Waals surface area contributed by atoms with Crippen LogP contribution in [0.2, 0.25) is 0 Å². The molecule has 3 aromatic rings. The van der Waals surface area contributed by atoms with E-state index in [9.17, 15) is 13.2 Å². The van der Waals surface area contributed by atoms with Crippen LogP contribution in [0, 0.1) is 6.92 Å². The van der Waals surface area contributed by atoms with Gasteiger partial charge in [0.15, 0.2) is 0 Å². The smallest absolute Gasteiger partial charge is 0.433 e. The van der Waals surface area contributed by atoms with Crippen LogP contribution in [0.15, 0.2) is 54.7 Å². The van der Waals surface area contributed by atoms with E-state index in [1.165, 1.54) is 6.07 Å². The molecule has 0 aliphatic rings. The Morgan fingerprint density at radius 3 is 2.35 bits per heavy atom. The standard InChI is InChI=1S/C19H15F3N2O2/c1-12-7-9-15(14-5-3-4-6-16(14)25-2)18(24-12)26-13-8-10-17(23-11-13)19(20,21)22/h3-11H,1-2H3. The van der Waals surface area contributed by atoms with Crippen LogP contribution in [-0.2, 0) is 6.18 Å². The van der Waals surface area contributed by atoms with E-state index in [4.69, 9.17) is 9.47 Å². The highest BCUT2D eigenvalue weighted by Gasteiger charge is 2.32. The number of rotatable bonds is 4. The Kier molecular flexibility index (Phi) is 4.79. The van der Waals surface area contributed by atoms with E-state index in [-0.39, 0.29) is 11.6 Å². The second kappa shape index (κ2) is 7.03. The molecule has 4 nitrogen and oxygen atoms in total. The van der Waals surface area contributed by atoms with Crippen molar-refractivity contribution in [2.75, 3.05) is 7.11 Å². The fourth-order valence-corrected chi connectivity index (χ4v) is 2.40. The molecule has 0 bridgehead atoms. The summed E-state index contributed by atoms with van der Waals surface area (Å²) in [5, 5.41) is 0. The molecule has 0 amide bonds. The number of ether oxygens (including phenoxy) is 2. The number of benzene rings is 1. The molecule has 0 unspecified atom stereocenters. The SMILES string of the molecule is COc1ccccc1-c1ccc(C)nc1Oc1ccc(C(F)(F)F)nc1. The number of halogens is 3. The molecule has 2 heterocycles. The van der Waals surface area contributed by atoms with Gasteiger partial charge in [-0.05, 0) is 37.3 Å². The van der Waals surface area contributed by atoms with Crippen molar-refractivity contribution in [1.82, 2.24) is 9.97 Å². The predicted octanol–water partition coefficient (Wildman–Crippen LogP) is 5.27. The minimum absolute atomic E-state index is 0.159. The molecule has 0 aliphatic carbocycles. The molecule has 0 aliphatic heterocycles. The lowest BCUT2D eigenvalue weighted by Gasteiger charge is -2.14. The third-order valence-electron chi connectivity index (χ3n) is 3.64. The Labute approximate surface area is 148 Å². The van der Waals surface area contributed by atoms with E-state index < -0.39 is 11.9 Å². The van der Waals surface area contributed by atoms with Crippen molar-refractivity contribution >= 4 is 0 Å². The van der Waals surface area contributed by atoms with Gasteiger partial charge in [0.1, 0.15) is 17.2 Å². The van der Waals surface area contributed by atoms with E-state index in [1.54, 1.807) is 20.1 Å². The predicted molar refractivity (Wildman–Crippen MR) is 90.3 cm³/mol. The summed E-state index contributed by atoms with van der Waals surface area (Å²) in [7, 11) is 1.56. The van der Waals surface area contributed by atoms with Gasteiger partial charge in [-0.3, -0.25) is 0 Å². The third kappa shape index (κ3) is 3.77. The van der Waals surface area contributed by atoms with Crippen molar-refractivity contribution in [3.8, 4) is 28.5 Å². The molecular formula is C19H15F3N2O2. The average Bonchev–Trinajstić information content (AvgIpc) is 2.62. The molecule has 3 rings (SSSR count). The van der Waals surface area contributed by atoms with Gasteiger partial charge in [-0.1, -0.05) is 18.2 Å². The summed E-state index contributed by atoms with van der Waals surface area (Å²) in [6.07, 6.45) is -3.47. The van der Waals surface area contributed by atoms with Gasteiger partial charge in [0, 0.05) is 16.8 Å². The lowest BCUT2D eigenvalue weighted by Crippen LogP contribution is -2.07. The van der Waals surface area contributed by atoms with Crippen LogP contribution in [0.4, 0.5) is 13.2 Å². The number of nitrogens with zero attached hydrogens (tertiary/aromatic N) is 2. The van der Waals surface area contributed by atoms with E-state index in [0.717, 1.165) is 17.8 Å². The van der Waals surface area contributed by atoms with Gasteiger partial charge in [-0.2, -0.15) is 13.2 Å². The third-order valence-corrected chi connectivity index (χ3v) is 3.64. The van der Waals surface area contributed by atoms with Crippen LogP contribution in [0.1, 0.15) is 11.4 Å². The first-order chi connectivity index (χ1) is 12.4. The van der Waals surface area contributed by atoms with E-state index in [2.05, 4.69) is 9.97 Å². The number of para-hydroxylation sites is 1. The first-order valence-electron chi connectivity index (χ1n) is 7.70. The molecule has 2 aromatic heterocycles. The number of methoxy groups -OCH3 is 1. The normalized spacial score (nSPS) is 11.3. The molecular weight excluding hydrogens is 345 g/mol. The summed E-state index contributed by atoms with van der Waals surface area (Å²) < 4.78 is 49.0. The highest BCUT2D eigenvalue weighted by molar-refractivity contribution is 5.74. The fraction of sp³-hybridized carbons (Fsp3) is 0.158. The molecule has 0 atom stereocenters. The zero-order valence-electron chi connectivity index (χ0n) is 14.0. The van der Waals surface area contributed by atoms with Crippen molar-refractivity contribution in [2.45, 2.75) is 13.1 Å². The van der Waals surface area contributed by atoms with Gasteiger partial charge in [0.05, 0.1) is 13.3 Å². The maximum Gasteiger partial charge on any atom is 0.433 e. The first-order valence-corrected chi connectivity index (χ1v) is 7.70. The Balaban J connectivity index is 1.99. The van der Waals surface area contributed by atoms with Crippen LogP contribution in [0.5, 0.6) is 17.4 Å². The number of aryl methyl sites for hydroxylation is 1. The maximum absolute atomic E-state index is 12.6. The molecule has 26 heavy (non-hydrogen) atoms. The highest BCUT2D eigenvalue weighted by atomic mass is 19.4. The molecule has 0 saturated heterocycles. The van der Waals surface area contributed by atoms with Crippen LogP contribution in [0.3, 0.4) is 0 Å². The molecule has 0 saturated carbocycles. The second-order valence-electron chi connectivity index (χ2n) is 5.48. The topological polar surface area (TPSA) is 44.2 Å². The lowest BCUT2D eigenvalue weighted by atomic mass is 10.1. The largest absolute Gasteiger partial charge is 0.496 e. The Morgan fingerprint density at radius 2 is 1.69 bits per heavy atom. The first kappa shape index (κ1) is 17.7. The van der Waals surface area contributed by atoms with E-state index in [0.29, 0.717) is 17.0 Å². The van der Waals surface area contributed by atoms with Crippen molar-refractivity contribution in [3.05, 3.63) is 66.1 Å². The molecule has 134 valence electrons. The van der Waals surface area contributed by atoms with Gasteiger partial charge in [-0.15, -0.1) is 0 Å². The maximum atomic E-state index is 12.6. The summed E-state index contributed by atoms with van der Waals surface area (Å²) in [6, 6.07) is 13.1. The van der Waals surface area contributed by atoms with Crippen LogP contribution in [-0.4, -0.2) is 17.1 Å². The number of alkyl halides is 3. The summed E-state index contributed by atoms with van der Waals surface area (Å²) in [4.78, 5) is 7.77. The zero-order valence-corrected chi connectivity index (χ0v) is 14.0. The Hall–Kier alpha value is -3.09. The summed E-state index contributed by atoms with van der Waals surface area (Å²) in [5.74, 6) is 1.05. The number of hydrogen-bond donors (Lipinski definition) is 0. The molecule has 0 spiro atoms. The second-order valence-corrected chi connectivity index (χ2v) is 5.48. The minimum atomic E-state index is -4.50. The fourth-order valence-electron chi connectivity index (χ4n) is 2.40. The molecule has 0 fully saturated rings. The quantitative estimate of drug-likeness (QED) is 0.636. The van der Waals surface area contributed by atoms with E-state index >= 15 is 0 Å².